The van der Waals surface area contributed by atoms with E-state index in [1.54, 1.807) is 0 Å². The third kappa shape index (κ3) is 1.76. The first-order chi connectivity index (χ1) is 7.11. The fourth-order valence-corrected chi connectivity index (χ4v) is 2.28. The topological polar surface area (TPSA) is 29.1 Å². The van der Waals surface area contributed by atoms with Crippen molar-refractivity contribution in [3.05, 3.63) is 28.8 Å². The van der Waals surface area contributed by atoms with Crippen LogP contribution in [0.25, 0.3) is 0 Å². The highest BCUT2D eigenvalue weighted by Crippen LogP contribution is 2.30. The van der Waals surface area contributed by atoms with Crippen molar-refractivity contribution in [1.29, 1.82) is 0 Å². The molecule has 1 aromatic rings. The number of carbonyl (C=O) groups excluding carboxylic acids is 1. The van der Waals surface area contributed by atoms with E-state index in [1.807, 2.05) is 0 Å². The maximum absolute atomic E-state index is 11.7. The summed E-state index contributed by atoms with van der Waals surface area (Å²) >= 11 is 0. The highest BCUT2D eigenvalue weighted by atomic mass is 16.1. The Morgan fingerprint density at radius 1 is 1.40 bits per heavy atom. The van der Waals surface area contributed by atoms with Gasteiger partial charge >= 0.3 is 0 Å². The number of amides is 1. The maximum atomic E-state index is 11.7. The number of hydrogen-bond acceptors (Lipinski definition) is 1. The molecule has 0 saturated heterocycles. The Kier molecular flexibility index (Phi) is 2.51. The number of benzene rings is 1. The van der Waals surface area contributed by atoms with Crippen molar-refractivity contribution in [2.45, 2.75) is 33.6 Å². The zero-order valence-corrected chi connectivity index (χ0v) is 9.55. The highest BCUT2D eigenvalue weighted by Gasteiger charge is 2.25. The van der Waals surface area contributed by atoms with Gasteiger partial charge in [0.1, 0.15) is 0 Å². The SMILES string of the molecule is CCC1Cc2c(C)cc(C)cc2NC1=O. The van der Waals surface area contributed by atoms with Gasteiger partial charge in [0.15, 0.2) is 0 Å². The average molecular weight is 203 g/mol. The van der Waals surface area contributed by atoms with Crippen LogP contribution in [0.1, 0.15) is 30.0 Å². The Bertz CT molecular complexity index is 409. The first-order valence-electron chi connectivity index (χ1n) is 5.52. The molecule has 0 spiro atoms. The zero-order chi connectivity index (χ0) is 11.0. The molecule has 1 aromatic carbocycles. The number of anilines is 1. The lowest BCUT2D eigenvalue weighted by atomic mass is 9.88. The predicted octanol–water partition coefficient (Wildman–Crippen LogP) is 2.82. The first kappa shape index (κ1) is 10.2. The van der Waals surface area contributed by atoms with E-state index < -0.39 is 0 Å². The summed E-state index contributed by atoms with van der Waals surface area (Å²) in [7, 11) is 0. The van der Waals surface area contributed by atoms with Gasteiger partial charge < -0.3 is 5.32 Å². The van der Waals surface area contributed by atoms with Crippen molar-refractivity contribution in [3.63, 3.8) is 0 Å². The van der Waals surface area contributed by atoms with Gasteiger partial charge in [0.05, 0.1) is 0 Å². The van der Waals surface area contributed by atoms with Crippen LogP contribution in [-0.2, 0) is 11.2 Å². The molecule has 1 atom stereocenters. The third-order valence-electron chi connectivity index (χ3n) is 3.19. The second kappa shape index (κ2) is 3.69. The molecule has 15 heavy (non-hydrogen) atoms. The number of hydrogen-bond donors (Lipinski definition) is 1. The molecule has 1 aliphatic rings. The molecule has 1 unspecified atom stereocenters. The quantitative estimate of drug-likeness (QED) is 0.747. The average Bonchev–Trinajstić information content (AvgIpc) is 2.16. The van der Waals surface area contributed by atoms with Gasteiger partial charge in [-0.05, 0) is 49.4 Å². The molecule has 80 valence electrons. The normalized spacial score (nSPS) is 19.7. The summed E-state index contributed by atoms with van der Waals surface area (Å²) in [6, 6.07) is 4.25. The van der Waals surface area contributed by atoms with E-state index in [0.717, 1.165) is 18.5 Å². The summed E-state index contributed by atoms with van der Waals surface area (Å²) in [4.78, 5) is 11.7. The van der Waals surface area contributed by atoms with Gasteiger partial charge in [-0.1, -0.05) is 13.0 Å². The smallest absolute Gasteiger partial charge is 0.227 e. The molecular weight excluding hydrogens is 186 g/mol. The molecule has 0 radical (unpaired) electrons. The number of nitrogens with one attached hydrogen (secondary N) is 1. The van der Waals surface area contributed by atoms with E-state index in [9.17, 15) is 4.79 Å². The van der Waals surface area contributed by atoms with E-state index in [4.69, 9.17) is 0 Å². The summed E-state index contributed by atoms with van der Waals surface area (Å²) in [6.45, 7) is 6.25. The first-order valence-corrected chi connectivity index (χ1v) is 5.52. The van der Waals surface area contributed by atoms with Gasteiger partial charge in [-0.15, -0.1) is 0 Å². The molecule has 0 aromatic heterocycles. The van der Waals surface area contributed by atoms with Crippen LogP contribution >= 0.6 is 0 Å². The van der Waals surface area contributed by atoms with Crippen LogP contribution in [0.3, 0.4) is 0 Å². The molecule has 0 saturated carbocycles. The standard InChI is InChI=1S/C13H17NO/c1-4-10-7-11-9(3)5-8(2)6-12(11)14-13(10)15/h5-6,10H,4,7H2,1-3H3,(H,14,15). The summed E-state index contributed by atoms with van der Waals surface area (Å²) < 4.78 is 0. The van der Waals surface area contributed by atoms with Crippen LogP contribution in [0, 0.1) is 19.8 Å². The summed E-state index contributed by atoms with van der Waals surface area (Å²) in [5.74, 6) is 0.328. The van der Waals surface area contributed by atoms with Crippen LogP contribution in [0.15, 0.2) is 12.1 Å². The second-order valence-electron chi connectivity index (χ2n) is 4.41. The molecule has 0 fully saturated rings. The van der Waals surface area contributed by atoms with Crippen LogP contribution in [0.2, 0.25) is 0 Å². The van der Waals surface area contributed by atoms with Crippen LogP contribution in [0.4, 0.5) is 5.69 Å². The number of carbonyl (C=O) groups is 1. The number of fused-ring (bicyclic) bond motifs is 1. The minimum absolute atomic E-state index is 0.152. The summed E-state index contributed by atoms with van der Waals surface area (Å²) in [6.07, 6.45) is 1.81. The predicted molar refractivity (Wildman–Crippen MR) is 62.0 cm³/mol. The van der Waals surface area contributed by atoms with E-state index >= 15 is 0 Å². The Morgan fingerprint density at radius 3 is 2.80 bits per heavy atom. The Labute approximate surface area is 90.7 Å². The highest BCUT2D eigenvalue weighted by molar-refractivity contribution is 5.96. The van der Waals surface area contributed by atoms with Gasteiger partial charge in [0.25, 0.3) is 0 Å². The molecule has 1 aliphatic heterocycles. The van der Waals surface area contributed by atoms with Crippen LogP contribution in [-0.4, -0.2) is 5.91 Å². The largest absolute Gasteiger partial charge is 0.326 e. The van der Waals surface area contributed by atoms with Crippen molar-refractivity contribution in [2.75, 3.05) is 5.32 Å². The fourth-order valence-electron chi connectivity index (χ4n) is 2.28. The molecular formula is C13H17NO. The van der Waals surface area contributed by atoms with Crippen molar-refractivity contribution in [2.24, 2.45) is 5.92 Å². The van der Waals surface area contributed by atoms with E-state index in [2.05, 4.69) is 38.2 Å². The number of rotatable bonds is 1. The minimum Gasteiger partial charge on any atom is -0.326 e. The summed E-state index contributed by atoms with van der Waals surface area (Å²) in [5.41, 5.74) is 4.83. The zero-order valence-electron chi connectivity index (χ0n) is 9.55. The fraction of sp³-hybridized carbons (Fsp3) is 0.462. The molecule has 0 aliphatic carbocycles. The Morgan fingerprint density at radius 2 is 2.13 bits per heavy atom. The third-order valence-corrected chi connectivity index (χ3v) is 3.19. The molecule has 1 heterocycles. The van der Waals surface area contributed by atoms with Crippen molar-refractivity contribution in [3.8, 4) is 0 Å². The van der Waals surface area contributed by atoms with Gasteiger partial charge in [0, 0.05) is 11.6 Å². The Balaban J connectivity index is 2.45. The van der Waals surface area contributed by atoms with E-state index in [-0.39, 0.29) is 11.8 Å². The molecule has 2 rings (SSSR count). The van der Waals surface area contributed by atoms with Gasteiger partial charge in [-0.2, -0.15) is 0 Å². The van der Waals surface area contributed by atoms with E-state index in [1.165, 1.54) is 16.7 Å². The minimum atomic E-state index is 0.152. The van der Waals surface area contributed by atoms with Gasteiger partial charge in [-0.3, -0.25) is 4.79 Å². The lowest BCUT2D eigenvalue weighted by molar-refractivity contribution is -0.120. The van der Waals surface area contributed by atoms with Crippen molar-refractivity contribution in [1.82, 2.24) is 0 Å². The van der Waals surface area contributed by atoms with Crippen molar-refractivity contribution < 1.29 is 4.79 Å². The van der Waals surface area contributed by atoms with Crippen LogP contribution < -0.4 is 5.32 Å². The van der Waals surface area contributed by atoms with Gasteiger partial charge in [-0.25, -0.2) is 0 Å². The number of aryl methyl sites for hydroxylation is 2. The van der Waals surface area contributed by atoms with E-state index in [0.29, 0.717) is 0 Å². The molecule has 2 heteroatoms. The van der Waals surface area contributed by atoms with Crippen LogP contribution in [0.5, 0.6) is 0 Å². The summed E-state index contributed by atoms with van der Waals surface area (Å²) in [5, 5.41) is 3.00. The monoisotopic (exact) mass is 203 g/mol. The maximum Gasteiger partial charge on any atom is 0.227 e. The lowest BCUT2D eigenvalue weighted by Gasteiger charge is -2.25. The molecule has 0 bridgehead atoms. The second-order valence-corrected chi connectivity index (χ2v) is 4.41. The molecule has 1 amide bonds. The van der Waals surface area contributed by atoms with Gasteiger partial charge in [0.2, 0.25) is 5.91 Å². The van der Waals surface area contributed by atoms with Crippen molar-refractivity contribution >= 4 is 11.6 Å². The molecule has 2 nitrogen and oxygen atoms in total. The lowest BCUT2D eigenvalue weighted by Crippen LogP contribution is -2.29. The Hall–Kier alpha value is -1.31. The molecule has 1 N–H and O–H groups in total.